The lowest BCUT2D eigenvalue weighted by Crippen LogP contribution is -2.30. The summed E-state index contributed by atoms with van der Waals surface area (Å²) in [5, 5.41) is 1.45. The smallest absolute Gasteiger partial charge is 0.241 e. The van der Waals surface area contributed by atoms with Crippen LogP contribution in [0.3, 0.4) is 0 Å². The van der Waals surface area contributed by atoms with Crippen molar-refractivity contribution < 1.29 is 14.1 Å². The second-order valence-corrected chi connectivity index (χ2v) is 10.2. The number of rotatable bonds is 6. The van der Waals surface area contributed by atoms with Gasteiger partial charge in [-0.2, -0.15) is 0 Å². The van der Waals surface area contributed by atoms with Crippen LogP contribution in [0.2, 0.25) is 0 Å². The molecule has 154 valence electrons. The first-order valence-corrected chi connectivity index (χ1v) is 11.5. The lowest BCUT2D eigenvalue weighted by atomic mass is 10.1. The summed E-state index contributed by atoms with van der Waals surface area (Å²) in [6.45, 7) is 0. The maximum absolute atomic E-state index is 14.8. The summed E-state index contributed by atoms with van der Waals surface area (Å²) in [5.74, 6) is 0.693. The molecular formula is C24H25N2O3P. The average molecular weight is 420 g/mol. The maximum atomic E-state index is 14.8. The topological polar surface area (TPSA) is 49.6 Å². The molecule has 1 unspecified atom stereocenters. The van der Waals surface area contributed by atoms with E-state index in [1.807, 2.05) is 89.6 Å². The van der Waals surface area contributed by atoms with E-state index in [0.29, 0.717) is 0 Å². The minimum Gasteiger partial charge on any atom is -0.497 e. The second kappa shape index (κ2) is 8.10. The molecule has 5 nitrogen and oxygen atoms in total. The largest absolute Gasteiger partial charge is 0.497 e. The molecule has 0 aromatic heterocycles. The minimum absolute atomic E-state index is 0.0529. The van der Waals surface area contributed by atoms with Gasteiger partial charge in [-0.3, -0.25) is 9.36 Å². The molecule has 1 aliphatic heterocycles. The highest BCUT2D eigenvalue weighted by molar-refractivity contribution is 7.76. The van der Waals surface area contributed by atoms with Gasteiger partial charge in [-0.25, -0.2) is 4.67 Å². The molecule has 1 fully saturated rings. The first-order valence-electron chi connectivity index (χ1n) is 9.83. The van der Waals surface area contributed by atoms with Crippen LogP contribution in [0.4, 0.5) is 0 Å². The van der Waals surface area contributed by atoms with Gasteiger partial charge in [-0.15, -0.1) is 0 Å². The van der Waals surface area contributed by atoms with Crippen molar-refractivity contribution in [3.63, 3.8) is 0 Å². The first-order chi connectivity index (χ1) is 14.5. The molecule has 0 aliphatic carbocycles. The molecule has 3 aromatic carbocycles. The maximum Gasteiger partial charge on any atom is 0.241 e. The van der Waals surface area contributed by atoms with Gasteiger partial charge in [0.2, 0.25) is 13.2 Å². The van der Waals surface area contributed by atoms with Crippen molar-refractivity contribution in [2.45, 2.75) is 12.1 Å². The van der Waals surface area contributed by atoms with Crippen molar-refractivity contribution in [3.05, 3.63) is 90.5 Å². The molecule has 3 aromatic rings. The van der Waals surface area contributed by atoms with Gasteiger partial charge in [0, 0.05) is 24.7 Å². The standard InChI is InChI=1S/C24H25N2O3P/c1-25(2)24(27)23-22(18-14-16-19(29-3)17-15-18)26(23)30(28,20-10-6-4-7-11-20)21-12-8-5-9-13-21/h4-17,22-23H,1-3H3/t22-,23+,26?/m0/s1. The van der Waals surface area contributed by atoms with Crippen molar-refractivity contribution in [1.29, 1.82) is 0 Å². The quantitative estimate of drug-likeness (QED) is 0.453. The van der Waals surface area contributed by atoms with Crippen molar-refractivity contribution in [2.75, 3.05) is 21.2 Å². The molecule has 0 bridgehead atoms. The van der Waals surface area contributed by atoms with E-state index in [-0.39, 0.29) is 11.9 Å². The molecule has 1 aliphatic rings. The lowest BCUT2D eigenvalue weighted by Gasteiger charge is -2.22. The van der Waals surface area contributed by atoms with E-state index >= 15 is 0 Å². The number of carbonyl (C=O) groups excluding carboxylic acids is 1. The lowest BCUT2D eigenvalue weighted by molar-refractivity contribution is -0.128. The van der Waals surface area contributed by atoms with Gasteiger partial charge in [0.15, 0.2) is 0 Å². The number of nitrogens with zero attached hydrogens (tertiary/aromatic N) is 2. The van der Waals surface area contributed by atoms with Crippen LogP contribution < -0.4 is 15.3 Å². The zero-order chi connectivity index (χ0) is 21.3. The monoisotopic (exact) mass is 420 g/mol. The average Bonchev–Trinajstić information content (AvgIpc) is 3.55. The van der Waals surface area contributed by atoms with Gasteiger partial charge in [-0.05, 0) is 42.0 Å². The van der Waals surface area contributed by atoms with Crippen LogP contribution >= 0.6 is 7.29 Å². The molecule has 30 heavy (non-hydrogen) atoms. The molecule has 1 amide bonds. The van der Waals surface area contributed by atoms with Crippen LogP contribution in [0.5, 0.6) is 5.75 Å². The Morgan fingerprint density at radius 1 is 0.867 bits per heavy atom. The Morgan fingerprint density at radius 3 is 1.80 bits per heavy atom. The van der Waals surface area contributed by atoms with E-state index in [9.17, 15) is 9.36 Å². The Labute approximate surface area is 177 Å². The molecular weight excluding hydrogens is 395 g/mol. The van der Waals surface area contributed by atoms with Crippen molar-refractivity contribution >= 4 is 23.8 Å². The van der Waals surface area contributed by atoms with Crippen LogP contribution in [0.15, 0.2) is 84.9 Å². The summed E-state index contributed by atoms with van der Waals surface area (Å²) < 4.78 is 21.9. The van der Waals surface area contributed by atoms with Gasteiger partial charge >= 0.3 is 0 Å². The molecule has 1 heterocycles. The third kappa shape index (κ3) is 3.45. The van der Waals surface area contributed by atoms with Crippen LogP contribution in [-0.4, -0.2) is 42.7 Å². The van der Waals surface area contributed by atoms with E-state index in [4.69, 9.17) is 4.74 Å². The Bertz CT molecular complexity index is 1030. The highest BCUT2D eigenvalue weighted by Crippen LogP contribution is 2.64. The molecule has 0 saturated carbocycles. The predicted octanol–water partition coefficient (Wildman–Crippen LogP) is 3.44. The van der Waals surface area contributed by atoms with Crippen molar-refractivity contribution in [2.24, 2.45) is 0 Å². The fourth-order valence-electron chi connectivity index (χ4n) is 3.89. The van der Waals surface area contributed by atoms with Crippen LogP contribution in [0.1, 0.15) is 11.6 Å². The van der Waals surface area contributed by atoms with Gasteiger partial charge in [0.05, 0.1) is 13.2 Å². The van der Waals surface area contributed by atoms with E-state index in [1.54, 1.807) is 26.1 Å². The fraction of sp³-hybridized carbons (Fsp3) is 0.208. The van der Waals surface area contributed by atoms with Crippen LogP contribution in [-0.2, 0) is 9.36 Å². The normalized spacial score (nSPS) is 20.4. The molecule has 6 heteroatoms. The highest BCUT2D eigenvalue weighted by Gasteiger charge is 2.62. The zero-order valence-corrected chi connectivity index (χ0v) is 18.2. The van der Waals surface area contributed by atoms with E-state index in [2.05, 4.69) is 0 Å². The van der Waals surface area contributed by atoms with E-state index in [1.165, 1.54) is 0 Å². The van der Waals surface area contributed by atoms with E-state index < -0.39 is 13.3 Å². The molecule has 4 rings (SSSR count). The van der Waals surface area contributed by atoms with Crippen LogP contribution in [0, 0.1) is 0 Å². The third-order valence-electron chi connectivity index (χ3n) is 5.47. The summed E-state index contributed by atoms with van der Waals surface area (Å²) in [6, 6.07) is 25.8. The van der Waals surface area contributed by atoms with Gasteiger partial charge in [0.1, 0.15) is 11.8 Å². The Kier molecular flexibility index (Phi) is 5.50. The van der Waals surface area contributed by atoms with Crippen LogP contribution in [0.25, 0.3) is 0 Å². The van der Waals surface area contributed by atoms with Crippen molar-refractivity contribution in [3.8, 4) is 5.75 Å². The van der Waals surface area contributed by atoms with Gasteiger partial charge < -0.3 is 9.64 Å². The SMILES string of the molecule is COc1ccc([C@H]2[C@H](C(=O)N(C)C)N2P(=O)(c2ccccc2)c2ccccc2)cc1. The summed E-state index contributed by atoms with van der Waals surface area (Å²) in [5.41, 5.74) is 0.947. The number of carbonyl (C=O) groups is 1. The van der Waals surface area contributed by atoms with Gasteiger partial charge in [0.25, 0.3) is 0 Å². The Morgan fingerprint density at radius 2 is 1.37 bits per heavy atom. The van der Waals surface area contributed by atoms with Crippen molar-refractivity contribution in [1.82, 2.24) is 9.57 Å². The fourth-order valence-corrected chi connectivity index (χ4v) is 7.00. The Hall–Kier alpha value is -2.88. The number of benzene rings is 3. The zero-order valence-electron chi connectivity index (χ0n) is 17.3. The highest BCUT2D eigenvalue weighted by atomic mass is 31.2. The summed E-state index contributed by atoms with van der Waals surface area (Å²) in [7, 11) is 1.87. The number of ether oxygens (including phenoxy) is 1. The number of hydrogen-bond acceptors (Lipinski definition) is 3. The number of likely N-dealkylation sites (N-methyl/N-ethyl adjacent to an activating group) is 1. The summed E-state index contributed by atoms with van der Waals surface area (Å²) >= 11 is 0. The number of amides is 1. The summed E-state index contributed by atoms with van der Waals surface area (Å²) in [4.78, 5) is 14.6. The summed E-state index contributed by atoms with van der Waals surface area (Å²) in [6.07, 6.45) is 0. The predicted molar refractivity (Wildman–Crippen MR) is 120 cm³/mol. The molecule has 3 atom stereocenters. The number of methoxy groups -OCH3 is 1. The third-order valence-corrected chi connectivity index (χ3v) is 8.61. The number of hydrogen-bond donors (Lipinski definition) is 0. The second-order valence-electron chi connectivity index (χ2n) is 7.52. The Balaban J connectivity index is 1.85. The van der Waals surface area contributed by atoms with E-state index in [0.717, 1.165) is 21.9 Å². The molecule has 0 radical (unpaired) electrons. The minimum atomic E-state index is -3.22. The van der Waals surface area contributed by atoms with Gasteiger partial charge in [-0.1, -0.05) is 48.5 Å². The molecule has 0 N–H and O–H groups in total. The first kappa shape index (κ1) is 20.4. The molecule has 0 spiro atoms. The molecule has 1 saturated heterocycles.